The van der Waals surface area contributed by atoms with Gasteiger partial charge in [-0.05, 0) is 29.8 Å². The van der Waals surface area contributed by atoms with Crippen LogP contribution in [0, 0.1) is 0 Å². The number of carbonyl (C=O) groups excluding carboxylic acids is 1. The van der Waals surface area contributed by atoms with Gasteiger partial charge < -0.3 is 35.1 Å². The van der Waals surface area contributed by atoms with Gasteiger partial charge in [0.15, 0.2) is 11.5 Å². The van der Waals surface area contributed by atoms with Crippen molar-refractivity contribution in [2.45, 2.75) is 12.6 Å². The van der Waals surface area contributed by atoms with E-state index in [1.807, 2.05) is 0 Å². The van der Waals surface area contributed by atoms with Crippen molar-refractivity contribution in [2.75, 3.05) is 19.9 Å². The number of amides is 2. The van der Waals surface area contributed by atoms with Crippen LogP contribution in [0.2, 0.25) is 0 Å². The second-order valence-electron chi connectivity index (χ2n) is 6.05. The number of rotatable bonds is 8. The number of carboxylic acid groups (broad SMARTS) is 1. The minimum absolute atomic E-state index is 0.00340. The molecule has 0 radical (unpaired) electrons. The zero-order chi connectivity index (χ0) is 19.9. The predicted octanol–water partition coefficient (Wildman–Crippen LogP) is 1.35. The summed E-state index contributed by atoms with van der Waals surface area (Å²) in [6.45, 7) is 0.407. The molecule has 0 spiro atoms. The lowest BCUT2D eigenvalue weighted by atomic mass is 10.1. The van der Waals surface area contributed by atoms with E-state index >= 15 is 0 Å². The van der Waals surface area contributed by atoms with Crippen molar-refractivity contribution in [1.82, 2.24) is 10.6 Å². The molecule has 2 aromatic carbocycles. The second kappa shape index (κ2) is 8.96. The molecule has 0 aromatic heterocycles. The summed E-state index contributed by atoms with van der Waals surface area (Å²) in [7, 11) is 0. The second-order valence-corrected chi connectivity index (χ2v) is 6.05. The maximum absolute atomic E-state index is 11.8. The largest absolute Gasteiger partial charge is 0.491 e. The molecule has 0 fully saturated rings. The normalized spacial score (nSPS) is 12.9. The fraction of sp³-hybridized carbons (Fsp3) is 0.263. The van der Waals surface area contributed by atoms with E-state index in [9.17, 15) is 14.7 Å². The Labute approximate surface area is 160 Å². The fourth-order valence-corrected chi connectivity index (χ4v) is 2.44. The molecule has 0 saturated heterocycles. The first-order valence-corrected chi connectivity index (χ1v) is 8.56. The van der Waals surface area contributed by atoms with Crippen molar-refractivity contribution in [3.05, 3.63) is 53.6 Å². The highest BCUT2D eigenvalue weighted by atomic mass is 16.7. The first-order chi connectivity index (χ1) is 13.5. The van der Waals surface area contributed by atoms with E-state index in [2.05, 4.69) is 10.6 Å². The first-order valence-electron chi connectivity index (χ1n) is 8.56. The van der Waals surface area contributed by atoms with Gasteiger partial charge in [0.05, 0.1) is 5.56 Å². The Morgan fingerprint density at radius 3 is 2.57 bits per heavy atom. The third-order valence-electron chi connectivity index (χ3n) is 3.94. The Morgan fingerprint density at radius 1 is 1.07 bits per heavy atom. The SMILES string of the molecule is O=C(NCc1ccc(C(=O)O)cc1)NCC(O)COc1ccc2c(c1)OCO2. The summed E-state index contributed by atoms with van der Waals surface area (Å²) in [6, 6.07) is 10.8. The van der Waals surface area contributed by atoms with Crippen molar-refractivity contribution in [3.63, 3.8) is 0 Å². The first kappa shape index (κ1) is 19.3. The van der Waals surface area contributed by atoms with Crippen molar-refractivity contribution >= 4 is 12.0 Å². The Hall–Kier alpha value is -3.46. The number of aliphatic hydroxyl groups is 1. The summed E-state index contributed by atoms with van der Waals surface area (Å²) in [5, 5.41) is 24.0. The highest BCUT2D eigenvalue weighted by molar-refractivity contribution is 5.87. The molecule has 2 amide bonds. The molecule has 28 heavy (non-hydrogen) atoms. The quantitative estimate of drug-likeness (QED) is 0.538. The van der Waals surface area contributed by atoms with Gasteiger partial charge in [-0.2, -0.15) is 0 Å². The molecule has 1 aliphatic heterocycles. The third kappa shape index (κ3) is 5.27. The van der Waals surface area contributed by atoms with Crippen LogP contribution >= 0.6 is 0 Å². The molecule has 2 aromatic rings. The van der Waals surface area contributed by atoms with E-state index in [1.165, 1.54) is 12.1 Å². The molecule has 0 saturated carbocycles. The van der Waals surface area contributed by atoms with Crippen LogP contribution in [-0.2, 0) is 6.54 Å². The van der Waals surface area contributed by atoms with Crippen LogP contribution in [0.3, 0.4) is 0 Å². The highest BCUT2D eigenvalue weighted by Gasteiger charge is 2.14. The maximum atomic E-state index is 11.8. The lowest BCUT2D eigenvalue weighted by molar-refractivity contribution is 0.0696. The minimum atomic E-state index is -1.01. The molecule has 1 heterocycles. The van der Waals surface area contributed by atoms with Gasteiger partial charge in [-0.3, -0.25) is 0 Å². The number of ether oxygens (including phenoxy) is 3. The van der Waals surface area contributed by atoms with E-state index in [0.717, 1.165) is 5.56 Å². The van der Waals surface area contributed by atoms with E-state index in [-0.39, 0.29) is 32.1 Å². The van der Waals surface area contributed by atoms with Crippen molar-refractivity contribution in [2.24, 2.45) is 0 Å². The van der Waals surface area contributed by atoms with Crippen molar-refractivity contribution in [1.29, 1.82) is 0 Å². The number of aromatic carboxylic acids is 1. The van der Waals surface area contributed by atoms with Crippen molar-refractivity contribution < 1.29 is 34.0 Å². The smallest absolute Gasteiger partial charge is 0.335 e. The summed E-state index contributed by atoms with van der Waals surface area (Å²) in [4.78, 5) is 22.6. The molecule has 3 rings (SSSR count). The lowest BCUT2D eigenvalue weighted by Crippen LogP contribution is -2.41. The number of hydrogen-bond acceptors (Lipinski definition) is 6. The Kier molecular flexibility index (Phi) is 6.18. The number of aliphatic hydroxyl groups excluding tert-OH is 1. The van der Waals surface area contributed by atoms with Crippen LogP contribution in [0.5, 0.6) is 17.2 Å². The molecule has 148 valence electrons. The molecular weight excluding hydrogens is 368 g/mol. The summed E-state index contributed by atoms with van der Waals surface area (Å²) in [5.74, 6) is 0.747. The molecule has 1 aliphatic rings. The van der Waals surface area contributed by atoms with Gasteiger partial charge in [-0.25, -0.2) is 9.59 Å². The summed E-state index contributed by atoms with van der Waals surface area (Å²) >= 11 is 0. The zero-order valence-corrected chi connectivity index (χ0v) is 14.9. The molecule has 0 aliphatic carbocycles. The van der Waals surface area contributed by atoms with Gasteiger partial charge in [-0.15, -0.1) is 0 Å². The number of nitrogens with one attached hydrogen (secondary N) is 2. The Bertz CT molecular complexity index is 839. The maximum Gasteiger partial charge on any atom is 0.335 e. The van der Waals surface area contributed by atoms with Gasteiger partial charge in [0.2, 0.25) is 6.79 Å². The summed E-state index contributed by atoms with van der Waals surface area (Å²) in [5.41, 5.74) is 0.936. The van der Waals surface area contributed by atoms with Gasteiger partial charge in [0, 0.05) is 19.2 Å². The van der Waals surface area contributed by atoms with E-state index < -0.39 is 18.1 Å². The summed E-state index contributed by atoms with van der Waals surface area (Å²) < 4.78 is 15.9. The third-order valence-corrected chi connectivity index (χ3v) is 3.94. The molecule has 1 unspecified atom stereocenters. The zero-order valence-electron chi connectivity index (χ0n) is 14.9. The standard InChI is InChI=1S/C19H20N2O7/c22-14(10-26-15-5-6-16-17(7-15)28-11-27-16)9-21-19(25)20-8-12-1-3-13(4-2-12)18(23)24/h1-7,14,22H,8-11H2,(H,23,24)(H2,20,21,25). The Balaban J connectivity index is 1.35. The van der Waals surface area contributed by atoms with Crippen LogP contribution in [-0.4, -0.2) is 48.3 Å². The van der Waals surface area contributed by atoms with E-state index in [1.54, 1.807) is 30.3 Å². The highest BCUT2D eigenvalue weighted by Crippen LogP contribution is 2.35. The van der Waals surface area contributed by atoms with Gasteiger partial charge in [0.1, 0.15) is 18.5 Å². The number of fused-ring (bicyclic) bond motifs is 1. The van der Waals surface area contributed by atoms with Crippen LogP contribution in [0.15, 0.2) is 42.5 Å². The van der Waals surface area contributed by atoms with E-state index in [4.69, 9.17) is 19.3 Å². The minimum Gasteiger partial charge on any atom is -0.491 e. The molecule has 1 atom stereocenters. The molecule has 0 bridgehead atoms. The Morgan fingerprint density at radius 2 is 1.82 bits per heavy atom. The van der Waals surface area contributed by atoms with Gasteiger partial charge in [0.25, 0.3) is 0 Å². The van der Waals surface area contributed by atoms with Crippen LogP contribution < -0.4 is 24.8 Å². The number of benzene rings is 2. The van der Waals surface area contributed by atoms with Crippen LogP contribution in [0.25, 0.3) is 0 Å². The topological polar surface area (TPSA) is 126 Å². The summed E-state index contributed by atoms with van der Waals surface area (Å²) in [6.07, 6.45) is -0.897. The fourth-order valence-electron chi connectivity index (χ4n) is 2.44. The van der Waals surface area contributed by atoms with Gasteiger partial charge >= 0.3 is 12.0 Å². The lowest BCUT2D eigenvalue weighted by Gasteiger charge is -2.14. The van der Waals surface area contributed by atoms with Crippen LogP contribution in [0.4, 0.5) is 4.79 Å². The molecular formula is C19H20N2O7. The number of carbonyl (C=O) groups is 2. The van der Waals surface area contributed by atoms with Crippen molar-refractivity contribution in [3.8, 4) is 17.2 Å². The number of hydrogen-bond donors (Lipinski definition) is 4. The average molecular weight is 388 g/mol. The van der Waals surface area contributed by atoms with E-state index in [0.29, 0.717) is 17.2 Å². The van der Waals surface area contributed by atoms with Crippen LogP contribution in [0.1, 0.15) is 15.9 Å². The molecule has 9 heteroatoms. The molecule has 4 N–H and O–H groups in total. The predicted molar refractivity (Wildman–Crippen MR) is 97.7 cm³/mol. The molecule has 9 nitrogen and oxygen atoms in total. The van der Waals surface area contributed by atoms with Gasteiger partial charge in [-0.1, -0.05) is 12.1 Å². The number of carboxylic acids is 1. The monoisotopic (exact) mass is 388 g/mol. The average Bonchev–Trinajstić information content (AvgIpc) is 3.17. The number of urea groups is 1.